The van der Waals surface area contributed by atoms with Gasteiger partial charge in [-0.1, -0.05) is 29.8 Å². The number of aromatic hydroxyl groups is 1. The quantitative estimate of drug-likeness (QED) is 0.750. The Morgan fingerprint density at radius 3 is 2.27 bits per heavy atom. The molecule has 0 radical (unpaired) electrons. The second-order valence-electron chi connectivity index (χ2n) is 5.04. The smallest absolute Gasteiger partial charge is 0.339 e. The lowest BCUT2D eigenvalue weighted by Crippen LogP contribution is -2.09. The maximum absolute atomic E-state index is 12.2. The Morgan fingerprint density at radius 2 is 1.55 bits per heavy atom. The van der Waals surface area contributed by atoms with Gasteiger partial charge in [0, 0.05) is 0 Å². The summed E-state index contributed by atoms with van der Waals surface area (Å²) < 4.78 is 29.7. The van der Waals surface area contributed by atoms with Crippen LogP contribution in [0.2, 0.25) is 0 Å². The van der Waals surface area contributed by atoms with Crippen molar-refractivity contribution >= 4 is 20.9 Å². The summed E-state index contributed by atoms with van der Waals surface area (Å²) in [4.78, 5) is 0.106. The van der Waals surface area contributed by atoms with Gasteiger partial charge in [-0.05, 0) is 54.1 Å². The Morgan fingerprint density at radius 1 is 0.864 bits per heavy atom. The Bertz CT molecular complexity index is 929. The molecule has 112 valence electrons. The van der Waals surface area contributed by atoms with E-state index >= 15 is 0 Å². The van der Waals surface area contributed by atoms with Gasteiger partial charge < -0.3 is 9.29 Å². The molecule has 0 bridgehead atoms. The molecule has 0 aliphatic heterocycles. The van der Waals surface area contributed by atoms with Gasteiger partial charge in [0.2, 0.25) is 0 Å². The molecule has 3 rings (SSSR count). The first-order chi connectivity index (χ1) is 10.4. The number of phenolic OH excluding ortho intramolecular Hbond substituents is 1. The summed E-state index contributed by atoms with van der Waals surface area (Å²) in [6, 6.07) is 16.3. The predicted octanol–water partition coefficient (Wildman–Crippen LogP) is 3.62. The number of hydrogen-bond acceptors (Lipinski definition) is 4. The summed E-state index contributed by atoms with van der Waals surface area (Å²) in [6.45, 7) is 1.88. The monoisotopic (exact) mass is 314 g/mol. The van der Waals surface area contributed by atoms with Crippen LogP contribution in [0.5, 0.6) is 11.5 Å². The van der Waals surface area contributed by atoms with Crippen molar-refractivity contribution in [2.24, 2.45) is 0 Å². The fraction of sp³-hybridized carbons (Fsp3) is 0.0588. The van der Waals surface area contributed by atoms with Crippen LogP contribution < -0.4 is 4.18 Å². The molecular formula is C17H14O4S. The molecule has 0 unspecified atom stereocenters. The highest BCUT2D eigenvalue weighted by Crippen LogP contribution is 2.26. The van der Waals surface area contributed by atoms with Crippen LogP contribution in [-0.4, -0.2) is 13.5 Å². The number of aryl methyl sites for hydroxylation is 1. The van der Waals surface area contributed by atoms with E-state index in [0.717, 1.165) is 10.9 Å². The van der Waals surface area contributed by atoms with Gasteiger partial charge in [-0.2, -0.15) is 8.42 Å². The molecule has 0 aliphatic rings. The summed E-state index contributed by atoms with van der Waals surface area (Å²) in [5, 5.41) is 11.1. The topological polar surface area (TPSA) is 63.6 Å². The van der Waals surface area contributed by atoms with Gasteiger partial charge in [0.15, 0.2) is 0 Å². The zero-order chi connectivity index (χ0) is 15.7. The molecule has 0 amide bonds. The second-order valence-corrected chi connectivity index (χ2v) is 6.59. The van der Waals surface area contributed by atoms with E-state index in [2.05, 4.69) is 0 Å². The number of phenols is 1. The fourth-order valence-corrected chi connectivity index (χ4v) is 3.07. The number of rotatable bonds is 3. The molecule has 0 atom stereocenters. The summed E-state index contributed by atoms with van der Waals surface area (Å²) in [5.74, 6) is 0.324. The molecule has 0 saturated carbocycles. The van der Waals surface area contributed by atoms with Crippen LogP contribution in [-0.2, 0) is 10.1 Å². The standard InChI is InChI=1S/C17H14O4S/c1-12-2-8-17(9-3-12)22(19,20)21-16-7-5-13-4-6-15(18)10-14(13)11-16/h2-11,18H,1H3. The zero-order valence-corrected chi connectivity index (χ0v) is 12.7. The van der Waals surface area contributed by atoms with Gasteiger partial charge in [-0.3, -0.25) is 0 Å². The maximum atomic E-state index is 12.2. The zero-order valence-electron chi connectivity index (χ0n) is 11.9. The first-order valence-corrected chi connectivity index (χ1v) is 8.09. The lowest BCUT2D eigenvalue weighted by atomic mass is 10.1. The van der Waals surface area contributed by atoms with Crippen LogP contribution >= 0.6 is 0 Å². The largest absolute Gasteiger partial charge is 0.508 e. The maximum Gasteiger partial charge on any atom is 0.339 e. The third-order valence-electron chi connectivity index (χ3n) is 3.31. The van der Waals surface area contributed by atoms with Crippen LogP contribution in [0.3, 0.4) is 0 Å². The van der Waals surface area contributed by atoms with Crippen molar-refractivity contribution in [3.05, 3.63) is 66.2 Å². The van der Waals surface area contributed by atoms with Crippen molar-refractivity contribution in [2.75, 3.05) is 0 Å². The van der Waals surface area contributed by atoms with Gasteiger partial charge in [0.25, 0.3) is 0 Å². The van der Waals surface area contributed by atoms with Crippen LogP contribution in [0.15, 0.2) is 65.6 Å². The van der Waals surface area contributed by atoms with E-state index in [1.807, 2.05) is 6.92 Å². The molecule has 22 heavy (non-hydrogen) atoms. The number of fused-ring (bicyclic) bond motifs is 1. The number of hydrogen-bond donors (Lipinski definition) is 1. The van der Waals surface area contributed by atoms with Crippen molar-refractivity contribution in [2.45, 2.75) is 11.8 Å². The molecular weight excluding hydrogens is 300 g/mol. The molecule has 0 fully saturated rings. The van der Waals surface area contributed by atoms with E-state index in [9.17, 15) is 13.5 Å². The molecule has 0 heterocycles. The van der Waals surface area contributed by atoms with E-state index < -0.39 is 10.1 Å². The van der Waals surface area contributed by atoms with Crippen molar-refractivity contribution in [1.82, 2.24) is 0 Å². The van der Waals surface area contributed by atoms with E-state index in [-0.39, 0.29) is 16.4 Å². The molecule has 0 aliphatic carbocycles. The Balaban J connectivity index is 1.96. The molecule has 4 nitrogen and oxygen atoms in total. The van der Waals surface area contributed by atoms with E-state index in [1.165, 1.54) is 12.1 Å². The van der Waals surface area contributed by atoms with Crippen molar-refractivity contribution in [3.8, 4) is 11.5 Å². The van der Waals surface area contributed by atoms with Gasteiger partial charge in [0.05, 0.1) is 0 Å². The van der Waals surface area contributed by atoms with Gasteiger partial charge in [0.1, 0.15) is 16.4 Å². The van der Waals surface area contributed by atoms with E-state index in [4.69, 9.17) is 4.18 Å². The fourth-order valence-electron chi connectivity index (χ4n) is 2.14. The highest BCUT2D eigenvalue weighted by atomic mass is 32.2. The minimum absolute atomic E-state index is 0.106. The first-order valence-electron chi connectivity index (χ1n) is 6.68. The minimum Gasteiger partial charge on any atom is -0.508 e. The van der Waals surface area contributed by atoms with Crippen LogP contribution in [0.1, 0.15) is 5.56 Å². The van der Waals surface area contributed by atoms with Crippen molar-refractivity contribution in [1.29, 1.82) is 0 Å². The molecule has 0 aromatic heterocycles. The first kappa shape index (κ1) is 14.4. The number of benzene rings is 3. The Kier molecular flexibility index (Phi) is 3.50. The summed E-state index contributed by atoms with van der Waals surface area (Å²) in [5.41, 5.74) is 0.972. The van der Waals surface area contributed by atoms with Gasteiger partial charge in [-0.15, -0.1) is 0 Å². The Hall–Kier alpha value is -2.53. The molecule has 0 saturated heterocycles. The normalized spacial score (nSPS) is 11.5. The lowest BCUT2D eigenvalue weighted by Gasteiger charge is -2.08. The summed E-state index contributed by atoms with van der Waals surface area (Å²) in [7, 11) is -3.87. The van der Waals surface area contributed by atoms with E-state index in [0.29, 0.717) is 5.39 Å². The van der Waals surface area contributed by atoms with Crippen molar-refractivity contribution < 1.29 is 17.7 Å². The average molecular weight is 314 g/mol. The second kappa shape index (κ2) is 5.35. The molecule has 3 aromatic rings. The highest BCUT2D eigenvalue weighted by Gasteiger charge is 2.16. The van der Waals surface area contributed by atoms with Gasteiger partial charge >= 0.3 is 10.1 Å². The SMILES string of the molecule is Cc1ccc(S(=O)(=O)Oc2ccc3ccc(O)cc3c2)cc1. The van der Waals surface area contributed by atoms with E-state index in [1.54, 1.807) is 48.5 Å². The van der Waals surface area contributed by atoms with Gasteiger partial charge in [-0.25, -0.2) is 0 Å². The average Bonchev–Trinajstić information content (AvgIpc) is 2.47. The van der Waals surface area contributed by atoms with Crippen LogP contribution in [0.25, 0.3) is 10.8 Å². The van der Waals surface area contributed by atoms with Crippen LogP contribution in [0, 0.1) is 6.92 Å². The molecule has 5 heteroatoms. The summed E-state index contributed by atoms with van der Waals surface area (Å²) >= 11 is 0. The minimum atomic E-state index is -3.87. The third-order valence-corrected chi connectivity index (χ3v) is 4.57. The van der Waals surface area contributed by atoms with Crippen LogP contribution in [0.4, 0.5) is 0 Å². The predicted molar refractivity (Wildman–Crippen MR) is 84.6 cm³/mol. The summed E-state index contributed by atoms with van der Waals surface area (Å²) in [6.07, 6.45) is 0. The van der Waals surface area contributed by atoms with Crippen molar-refractivity contribution in [3.63, 3.8) is 0 Å². The molecule has 3 aromatic carbocycles. The molecule has 0 spiro atoms. The third kappa shape index (κ3) is 2.89. The Labute approximate surface area is 128 Å². The highest BCUT2D eigenvalue weighted by molar-refractivity contribution is 7.87. The lowest BCUT2D eigenvalue weighted by molar-refractivity contribution is 0.476. The molecule has 1 N–H and O–H groups in total.